The first-order valence-corrected chi connectivity index (χ1v) is 10.0. The summed E-state index contributed by atoms with van der Waals surface area (Å²) < 4.78 is 10.6. The third-order valence-corrected chi connectivity index (χ3v) is 5.08. The molecule has 0 spiro atoms. The number of rotatable bonds is 7. The number of ether oxygens (including phenoxy) is 2. The molecule has 1 fully saturated rings. The Balaban J connectivity index is 1.50. The van der Waals surface area contributed by atoms with Crippen LogP contribution in [0.25, 0.3) is 11.5 Å². The van der Waals surface area contributed by atoms with E-state index in [9.17, 15) is 4.79 Å². The van der Waals surface area contributed by atoms with Crippen molar-refractivity contribution in [2.24, 2.45) is 0 Å². The third kappa shape index (κ3) is 4.46. The van der Waals surface area contributed by atoms with E-state index in [2.05, 4.69) is 9.97 Å². The van der Waals surface area contributed by atoms with E-state index >= 15 is 0 Å². The summed E-state index contributed by atoms with van der Waals surface area (Å²) in [7, 11) is 1.63. The van der Waals surface area contributed by atoms with Crippen LogP contribution >= 0.6 is 0 Å². The Kier molecular flexibility index (Phi) is 6.29. The van der Waals surface area contributed by atoms with Crippen LogP contribution in [-0.2, 0) is 4.74 Å². The second kappa shape index (κ2) is 9.45. The molecule has 7 heteroatoms. The molecule has 1 aliphatic rings. The predicted octanol–water partition coefficient (Wildman–Crippen LogP) is 3.54. The molecule has 1 atom stereocenters. The maximum Gasteiger partial charge on any atom is 0.254 e. The molecule has 4 rings (SSSR count). The molecule has 1 aromatic carbocycles. The Labute approximate surface area is 175 Å². The first-order chi connectivity index (χ1) is 14.8. The first-order valence-electron chi connectivity index (χ1n) is 10.0. The lowest BCUT2D eigenvalue weighted by Crippen LogP contribution is -2.31. The molecule has 0 unspecified atom stereocenters. The van der Waals surface area contributed by atoms with Crippen LogP contribution in [0.15, 0.2) is 60.9 Å². The zero-order valence-corrected chi connectivity index (χ0v) is 16.9. The fourth-order valence-corrected chi connectivity index (χ4v) is 3.60. The first kappa shape index (κ1) is 20.0. The average Bonchev–Trinajstić information content (AvgIpc) is 3.30. The normalized spacial score (nSPS) is 15.9. The second-order valence-electron chi connectivity index (χ2n) is 7.04. The van der Waals surface area contributed by atoms with Gasteiger partial charge in [-0.3, -0.25) is 9.78 Å². The van der Waals surface area contributed by atoms with Gasteiger partial charge >= 0.3 is 0 Å². The van der Waals surface area contributed by atoms with Gasteiger partial charge in [0.1, 0.15) is 18.1 Å². The van der Waals surface area contributed by atoms with E-state index in [1.165, 1.54) is 0 Å². The number of nitrogens with zero attached hydrogens (tertiary/aromatic N) is 4. The summed E-state index contributed by atoms with van der Waals surface area (Å²) in [4.78, 5) is 28.4. The lowest BCUT2D eigenvalue weighted by molar-refractivity contribution is 0.0733. The molecule has 3 heterocycles. The summed E-state index contributed by atoms with van der Waals surface area (Å²) in [6, 6.07) is 14.7. The van der Waals surface area contributed by atoms with E-state index in [0.717, 1.165) is 30.0 Å². The summed E-state index contributed by atoms with van der Waals surface area (Å²) in [5.41, 5.74) is 2.20. The number of methoxy groups -OCH3 is 1. The number of pyridine rings is 1. The highest BCUT2D eigenvalue weighted by atomic mass is 16.5. The standard InChI is InChI=1S/C23H24N4O3/c1-29-15-16-30-18-9-7-17(8-10-18)23(28)27-14-4-6-21(27)19-11-13-25-22(26-19)20-5-2-3-12-24-20/h2-3,5,7-13,21H,4,6,14-16H2,1H3/t21-/m0/s1. The van der Waals surface area contributed by atoms with Gasteiger partial charge < -0.3 is 14.4 Å². The van der Waals surface area contributed by atoms with Crippen LogP contribution in [0, 0.1) is 0 Å². The zero-order chi connectivity index (χ0) is 20.8. The lowest BCUT2D eigenvalue weighted by atomic mass is 10.1. The van der Waals surface area contributed by atoms with Gasteiger partial charge in [-0.25, -0.2) is 9.97 Å². The van der Waals surface area contributed by atoms with Gasteiger partial charge in [0.15, 0.2) is 5.82 Å². The summed E-state index contributed by atoms with van der Waals surface area (Å²) in [5, 5.41) is 0. The molecule has 1 saturated heterocycles. The van der Waals surface area contributed by atoms with Gasteiger partial charge in [-0.05, 0) is 55.3 Å². The van der Waals surface area contributed by atoms with Crippen molar-refractivity contribution in [3.8, 4) is 17.3 Å². The quantitative estimate of drug-likeness (QED) is 0.561. The lowest BCUT2D eigenvalue weighted by Gasteiger charge is -2.24. The van der Waals surface area contributed by atoms with Crippen LogP contribution in [-0.4, -0.2) is 52.6 Å². The fourth-order valence-electron chi connectivity index (χ4n) is 3.60. The van der Waals surface area contributed by atoms with Crippen molar-refractivity contribution in [3.05, 3.63) is 72.2 Å². The minimum Gasteiger partial charge on any atom is -0.491 e. The van der Waals surface area contributed by atoms with Crippen molar-refractivity contribution in [1.82, 2.24) is 19.9 Å². The number of aromatic nitrogens is 3. The summed E-state index contributed by atoms with van der Waals surface area (Å²) >= 11 is 0. The maximum atomic E-state index is 13.2. The van der Waals surface area contributed by atoms with E-state index in [-0.39, 0.29) is 11.9 Å². The van der Waals surface area contributed by atoms with Gasteiger partial charge in [0, 0.05) is 31.6 Å². The van der Waals surface area contributed by atoms with Crippen LogP contribution in [0.3, 0.4) is 0 Å². The Morgan fingerprint density at radius 2 is 1.93 bits per heavy atom. The Morgan fingerprint density at radius 3 is 2.70 bits per heavy atom. The van der Waals surface area contributed by atoms with Crippen LogP contribution < -0.4 is 4.74 Å². The molecule has 1 amide bonds. The Morgan fingerprint density at radius 1 is 1.07 bits per heavy atom. The maximum absolute atomic E-state index is 13.2. The van der Waals surface area contributed by atoms with Crippen molar-refractivity contribution < 1.29 is 14.3 Å². The molecule has 0 radical (unpaired) electrons. The van der Waals surface area contributed by atoms with Gasteiger partial charge in [-0.1, -0.05) is 6.07 Å². The van der Waals surface area contributed by atoms with Gasteiger partial charge in [-0.15, -0.1) is 0 Å². The molecule has 1 aliphatic heterocycles. The Hall–Kier alpha value is -3.32. The number of carbonyl (C=O) groups excluding carboxylic acids is 1. The molecular formula is C23H24N4O3. The van der Waals surface area contributed by atoms with Gasteiger partial charge in [-0.2, -0.15) is 0 Å². The molecule has 154 valence electrons. The smallest absolute Gasteiger partial charge is 0.254 e. The number of benzene rings is 1. The largest absolute Gasteiger partial charge is 0.491 e. The minimum absolute atomic E-state index is 0.000982. The molecule has 0 saturated carbocycles. The number of hydrogen-bond acceptors (Lipinski definition) is 6. The molecule has 7 nitrogen and oxygen atoms in total. The zero-order valence-electron chi connectivity index (χ0n) is 16.9. The third-order valence-electron chi connectivity index (χ3n) is 5.08. The SMILES string of the molecule is COCCOc1ccc(C(=O)N2CCC[C@H]2c2ccnc(-c3ccccn3)n2)cc1. The van der Waals surface area contributed by atoms with Crippen molar-refractivity contribution in [3.63, 3.8) is 0 Å². The van der Waals surface area contributed by atoms with Crippen LogP contribution in [0.4, 0.5) is 0 Å². The molecular weight excluding hydrogens is 380 g/mol. The van der Waals surface area contributed by atoms with Gasteiger partial charge in [0.05, 0.1) is 18.3 Å². The summed E-state index contributed by atoms with van der Waals surface area (Å²) in [6.07, 6.45) is 5.28. The monoisotopic (exact) mass is 404 g/mol. The highest BCUT2D eigenvalue weighted by Gasteiger charge is 2.31. The number of amides is 1. The fraction of sp³-hybridized carbons (Fsp3) is 0.304. The summed E-state index contributed by atoms with van der Waals surface area (Å²) in [6.45, 7) is 1.71. The Bertz CT molecular complexity index is 979. The van der Waals surface area contributed by atoms with E-state index in [1.807, 2.05) is 41.3 Å². The average molecular weight is 404 g/mol. The predicted molar refractivity (Wildman–Crippen MR) is 112 cm³/mol. The van der Waals surface area contributed by atoms with Gasteiger partial charge in [0.2, 0.25) is 0 Å². The van der Waals surface area contributed by atoms with Crippen molar-refractivity contribution in [1.29, 1.82) is 0 Å². The van der Waals surface area contributed by atoms with E-state index in [0.29, 0.717) is 31.1 Å². The highest BCUT2D eigenvalue weighted by molar-refractivity contribution is 5.94. The molecule has 0 aliphatic carbocycles. The molecule has 0 N–H and O–H groups in total. The van der Waals surface area contributed by atoms with E-state index < -0.39 is 0 Å². The number of carbonyl (C=O) groups is 1. The van der Waals surface area contributed by atoms with Crippen molar-refractivity contribution in [2.45, 2.75) is 18.9 Å². The topological polar surface area (TPSA) is 77.4 Å². The number of hydrogen-bond donors (Lipinski definition) is 0. The second-order valence-corrected chi connectivity index (χ2v) is 7.04. The minimum atomic E-state index is -0.0689. The molecule has 30 heavy (non-hydrogen) atoms. The number of likely N-dealkylation sites (tertiary alicyclic amines) is 1. The van der Waals surface area contributed by atoms with E-state index in [4.69, 9.17) is 14.5 Å². The van der Waals surface area contributed by atoms with Crippen molar-refractivity contribution in [2.75, 3.05) is 26.9 Å². The summed E-state index contributed by atoms with van der Waals surface area (Å²) in [5.74, 6) is 1.29. The van der Waals surface area contributed by atoms with Crippen LogP contribution in [0.1, 0.15) is 34.9 Å². The van der Waals surface area contributed by atoms with Crippen molar-refractivity contribution >= 4 is 5.91 Å². The molecule has 3 aromatic rings. The van der Waals surface area contributed by atoms with Crippen LogP contribution in [0.2, 0.25) is 0 Å². The highest BCUT2D eigenvalue weighted by Crippen LogP contribution is 2.32. The van der Waals surface area contributed by atoms with Crippen LogP contribution in [0.5, 0.6) is 5.75 Å². The molecule has 0 bridgehead atoms. The van der Waals surface area contributed by atoms with Gasteiger partial charge in [0.25, 0.3) is 5.91 Å². The van der Waals surface area contributed by atoms with E-state index in [1.54, 1.807) is 31.6 Å². The molecule has 2 aromatic heterocycles.